The molecule has 4 heteroatoms. The second-order valence-corrected chi connectivity index (χ2v) is 5.89. The van der Waals surface area contributed by atoms with Crippen LogP contribution in [0.3, 0.4) is 0 Å². The number of hydrogen-bond acceptors (Lipinski definition) is 2. The molecule has 1 fully saturated rings. The van der Waals surface area contributed by atoms with Gasteiger partial charge in [-0.05, 0) is 30.9 Å². The first kappa shape index (κ1) is 15.4. The Morgan fingerprint density at radius 2 is 2.05 bits per heavy atom. The quantitative estimate of drug-likeness (QED) is 0.917. The molecule has 1 aliphatic rings. The second kappa shape index (κ2) is 6.19. The van der Waals surface area contributed by atoms with E-state index in [9.17, 15) is 13.9 Å². The summed E-state index contributed by atoms with van der Waals surface area (Å²) in [7, 11) is 1.57. The minimum absolute atomic E-state index is 0.0565. The first-order valence-electron chi connectivity index (χ1n) is 7.14. The van der Waals surface area contributed by atoms with Crippen LogP contribution >= 0.6 is 0 Å². The third-order valence-corrected chi connectivity index (χ3v) is 4.46. The minimum atomic E-state index is -0.901. The maximum Gasteiger partial charge on any atom is 0.129 e. The van der Waals surface area contributed by atoms with E-state index in [1.807, 2.05) is 0 Å². The van der Waals surface area contributed by atoms with Crippen molar-refractivity contribution in [2.45, 2.75) is 50.7 Å². The Balaban J connectivity index is 2.19. The van der Waals surface area contributed by atoms with Gasteiger partial charge in [-0.15, -0.1) is 0 Å². The van der Waals surface area contributed by atoms with Gasteiger partial charge in [0.15, 0.2) is 0 Å². The standard InChI is InChI=1S/C16H22F2O2/c1-11-5-4-8-16(10-11,20-2)15(19)9-12-13(17)6-3-7-14(12)18/h3,6-7,11,15,19H,4-5,8-10H2,1-2H3. The van der Waals surface area contributed by atoms with Gasteiger partial charge in [-0.25, -0.2) is 8.78 Å². The first-order valence-corrected chi connectivity index (χ1v) is 7.14. The van der Waals surface area contributed by atoms with Gasteiger partial charge in [-0.1, -0.05) is 25.8 Å². The number of halogens is 2. The summed E-state index contributed by atoms with van der Waals surface area (Å²) in [5.74, 6) is -0.776. The average Bonchev–Trinajstić information content (AvgIpc) is 2.42. The summed E-state index contributed by atoms with van der Waals surface area (Å²) in [5, 5.41) is 10.5. The van der Waals surface area contributed by atoms with E-state index in [0.29, 0.717) is 5.92 Å². The summed E-state index contributed by atoms with van der Waals surface area (Å²) < 4.78 is 33.0. The van der Waals surface area contributed by atoms with Gasteiger partial charge >= 0.3 is 0 Å². The van der Waals surface area contributed by atoms with Crippen LogP contribution in [0.5, 0.6) is 0 Å². The Morgan fingerprint density at radius 1 is 1.40 bits per heavy atom. The van der Waals surface area contributed by atoms with E-state index in [-0.39, 0.29) is 12.0 Å². The van der Waals surface area contributed by atoms with E-state index >= 15 is 0 Å². The van der Waals surface area contributed by atoms with Crippen LogP contribution in [-0.2, 0) is 11.2 Å². The van der Waals surface area contributed by atoms with Crippen molar-refractivity contribution in [1.29, 1.82) is 0 Å². The van der Waals surface area contributed by atoms with Crippen molar-refractivity contribution in [3.05, 3.63) is 35.4 Å². The Hall–Kier alpha value is -1.00. The molecule has 1 saturated carbocycles. The fraction of sp³-hybridized carbons (Fsp3) is 0.625. The molecular formula is C16H22F2O2. The smallest absolute Gasteiger partial charge is 0.129 e. The Kier molecular flexibility index (Phi) is 4.76. The number of aliphatic hydroxyl groups is 1. The van der Waals surface area contributed by atoms with Crippen LogP contribution in [0.2, 0.25) is 0 Å². The van der Waals surface area contributed by atoms with Crippen LogP contribution in [0.1, 0.15) is 38.2 Å². The molecular weight excluding hydrogens is 262 g/mol. The number of methoxy groups -OCH3 is 1. The van der Waals surface area contributed by atoms with Gasteiger partial charge in [-0.2, -0.15) is 0 Å². The van der Waals surface area contributed by atoms with Crippen LogP contribution in [-0.4, -0.2) is 23.9 Å². The predicted molar refractivity (Wildman–Crippen MR) is 73.4 cm³/mol. The molecule has 0 saturated heterocycles. The normalized spacial score (nSPS) is 28.4. The number of rotatable bonds is 4. The Morgan fingerprint density at radius 3 is 2.60 bits per heavy atom. The highest BCUT2D eigenvalue weighted by molar-refractivity contribution is 5.21. The van der Waals surface area contributed by atoms with Crippen LogP contribution in [0.15, 0.2) is 18.2 Å². The van der Waals surface area contributed by atoms with Crippen molar-refractivity contribution in [2.24, 2.45) is 5.92 Å². The molecule has 1 aliphatic carbocycles. The topological polar surface area (TPSA) is 29.5 Å². The van der Waals surface area contributed by atoms with Gasteiger partial charge in [-0.3, -0.25) is 0 Å². The van der Waals surface area contributed by atoms with Crippen LogP contribution in [0, 0.1) is 17.6 Å². The lowest BCUT2D eigenvalue weighted by atomic mass is 9.74. The molecule has 0 amide bonds. The largest absolute Gasteiger partial charge is 0.390 e. The summed E-state index contributed by atoms with van der Waals surface area (Å²) >= 11 is 0. The second-order valence-electron chi connectivity index (χ2n) is 5.89. The molecule has 0 bridgehead atoms. The number of ether oxygens (including phenoxy) is 1. The Bertz CT molecular complexity index is 444. The maximum atomic E-state index is 13.7. The molecule has 0 aromatic heterocycles. The zero-order valence-corrected chi connectivity index (χ0v) is 12.0. The highest BCUT2D eigenvalue weighted by atomic mass is 19.1. The third kappa shape index (κ3) is 3.01. The molecule has 3 unspecified atom stereocenters. The fourth-order valence-corrected chi connectivity index (χ4v) is 3.27. The van der Waals surface area contributed by atoms with E-state index in [0.717, 1.165) is 25.7 Å². The van der Waals surface area contributed by atoms with Gasteiger partial charge < -0.3 is 9.84 Å². The SMILES string of the molecule is COC1(C(O)Cc2c(F)cccc2F)CCCC(C)C1. The van der Waals surface area contributed by atoms with Gasteiger partial charge in [0.05, 0.1) is 11.7 Å². The summed E-state index contributed by atoms with van der Waals surface area (Å²) in [5.41, 5.74) is -0.749. The third-order valence-electron chi connectivity index (χ3n) is 4.46. The van der Waals surface area contributed by atoms with Crippen LogP contribution < -0.4 is 0 Å². The van der Waals surface area contributed by atoms with Crippen molar-refractivity contribution in [1.82, 2.24) is 0 Å². The molecule has 0 radical (unpaired) electrons. The Labute approximate surface area is 118 Å². The molecule has 112 valence electrons. The summed E-state index contributed by atoms with van der Waals surface area (Å²) in [6.07, 6.45) is 2.56. The van der Waals surface area contributed by atoms with Gasteiger partial charge in [0.25, 0.3) is 0 Å². The lowest BCUT2D eigenvalue weighted by Crippen LogP contribution is -2.48. The van der Waals surface area contributed by atoms with E-state index in [4.69, 9.17) is 4.74 Å². The lowest BCUT2D eigenvalue weighted by molar-refractivity contribution is -0.131. The predicted octanol–water partition coefficient (Wildman–Crippen LogP) is 3.46. The highest BCUT2D eigenvalue weighted by Gasteiger charge is 2.41. The lowest BCUT2D eigenvalue weighted by Gasteiger charge is -2.42. The fourth-order valence-electron chi connectivity index (χ4n) is 3.27. The molecule has 1 aromatic carbocycles. The molecule has 0 spiro atoms. The molecule has 1 aromatic rings. The first-order chi connectivity index (χ1) is 9.48. The van der Waals surface area contributed by atoms with Gasteiger partial charge in [0.1, 0.15) is 11.6 Å². The number of aliphatic hydroxyl groups excluding tert-OH is 1. The molecule has 2 nitrogen and oxygen atoms in total. The van der Waals surface area contributed by atoms with E-state index in [2.05, 4.69) is 6.92 Å². The summed E-state index contributed by atoms with van der Waals surface area (Å²) in [6, 6.07) is 3.76. The highest BCUT2D eigenvalue weighted by Crippen LogP contribution is 2.38. The van der Waals surface area contributed by atoms with Crippen molar-refractivity contribution in [3.8, 4) is 0 Å². The maximum absolute atomic E-state index is 13.7. The van der Waals surface area contributed by atoms with Crippen LogP contribution in [0.25, 0.3) is 0 Å². The zero-order valence-electron chi connectivity index (χ0n) is 12.0. The molecule has 3 atom stereocenters. The minimum Gasteiger partial charge on any atom is -0.390 e. The van der Waals surface area contributed by atoms with Crippen molar-refractivity contribution in [2.75, 3.05) is 7.11 Å². The molecule has 1 N–H and O–H groups in total. The van der Waals surface area contributed by atoms with Crippen molar-refractivity contribution in [3.63, 3.8) is 0 Å². The van der Waals surface area contributed by atoms with Gasteiger partial charge in [0.2, 0.25) is 0 Å². The number of hydrogen-bond donors (Lipinski definition) is 1. The summed E-state index contributed by atoms with van der Waals surface area (Å²) in [4.78, 5) is 0. The van der Waals surface area contributed by atoms with E-state index in [1.165, 1.54) is 18.2 Å². The zero-order chi connectivity index (χ0) is 14.8. The molecule has 0 aliphatic heterocycles. The van der Waals surface area contributed by atoms with E-state index in [1.54, 1.807) is 7.11 Å². The van der Waals surface area contributed by atoms with Crippen molar-refractivity contribution >= 4 is 0 Å². The monoisotopic (exact) mass is 284 g/mol. The summed E-state index contributed by atoms with van der Waals surface area (Å²) in [6.45, 7) is 2.11. The van der Waals surface area contributed by atoms with Crippen LogP contribution in [0.4, 0.5) is 8.78 Å². The van der Waals surface area contributed by atoms with Gasteiger partial charge in [0, 0.05) is 19.1 Å². The molecule has 2 rings (SSSR count). The average molecular weight is 284 g/mol. The van der Waals surface area contributed by atoms with E-state index < -0.39 is 23.3 Å². The number of benzene rings is 1. The molecule has 0 heterocycles. The van der Waals surface area contributed by atoms with Crippen molar-refractivity contribution < 1.29 is 18.6 Å². The molecule has 20 heavy (non-hydrogen) atoms.